The molecule has 0 aliphatic carbocycles. The highest BCUT2D eigenvalue weighted by molar-refractivity contribution is 5.00. The third-order valence-electron chi connectivity index (χ3n) is 3.26. The van der Waals surface area contributed by atoms with Crippen LogP contribution in [0.1, 0.15) is 71.1 Å². The van der Waals surface area contributed by atoms with Crippen LogP contribution in [-0.4, -0.2) is 22.9 Å². The van der Waals surface area contributed by atoms with Crippen molar-refractivity contribution in [2.45, 2.75) is 77.2 Å². The molecule has 0 aliphatic rings. The Bertz CT molecular complexity index is 178. The van der Waals surface area contributed by atoms with Gasteiger partial charge >= 0.3 is 0 Å². The van der Waals surface area contributed by atoms with Crippen LogP contribution in [-0.2, 0) is 0 Å². The molecule has 0 aromatic rings. The third-order valence-corrected chi connectivity index (χ3v) is 3.26. The minimum atomic E-state index is -0.510. The monoisotopic (exact) mass is 242 g/mol. The smallest absolute Gasteiger partial charge is 0.0769 e. The van der Waals surface area contributed by atoms with Gasteiger partial charge in [-0.2, -0.15) is 0 Å². The molecule has 0 aromatic carbocycles. The summed E-state index contributed by atoms with van der Waals surface area (Å²) in [6.45, 7) is 5.77. The molecule has 2 nitrogen and oxygen atoms in total. The Labute approximate surface area is 107 Å². The van der Waals surface area contributed by atoms with Crippen LogP contribution in [0, 0.1) is 0 Å². The maximum Gasteiger partial charge on any atom is 0.0769 e. The molecule has 0 spiro atoms. The molecule has 102 valence electrons. The van der Waals surface area contributed by atoms with Gasteiger partial charge in [0.1, 0.15) is 0 Å². The lowest BCUT2D eigenvalue weighted by Gasteiger charge is -2.11. The van der Waals surface area contributed by atoms with Crippen LogP contribution in [0.15, 0.2) is 12.2 Å². The molecule has 0 aromatic heterocycles. The minimum Gasteiger partial charge on any atom is -0.392 e. The van der Waals surface area contributed by atoms with Crippen molar-refractivity contribution in [3.8, 4) is 0 Å². The highest BCUT2D eigenvalue weighted by Gasteiger charge is 2.06. The zero-order chi connectivity index (χ0) is 12.9. The fourth-order valence-corrected chi connectivity index (χ4v) is 1.96. The molecule has 0 heterocycles. The van der Waals surface area contributed by atoms with Gasteiger partial charge in [0.15, 0.2) is 0 Å². The predicted octanol–water partition coefficient (Wildman–Crippen LogP) is 3.82. The summed E-state index contributed by atoms with van der Waals surface area (Å²) < 4.78 is 0. The number of unbranched alkanes of at least 4 members (excludes halogenated alkanes) is 8. The van der Waals surface area contributed by atoms with Crippen LogP contribution in [0.4, 0.5) is 0 Å². The van der Waals surface area contributed by atoms with Gasteiger partial charge in [0.2, 0.25) is 0 Å². The van der Waals surface area contributed by atoms with E-state index in [4.69, 9.17) is 5.11 Å². The predicted molar refractivity (Wildman–Crippen MR) is 74.1 cm³/mol. The Morgan fingerprint density at radius 1 is 0.941 bits per heavy atom. The highest BCUT2D eigenvalue weighted by atomic mass is 16.3. The molecule has 17 heavy (non-hydrogen) atoms. The van der Waals surface area contributed by atoms with Gasteiger partial charge in [0.05, 0.1) is 12.7 Å². The molecule has 0 rings (SSSR count). The Balaban J connectivity index is 3.15. The first kappa shape index (κ1) is 16.7. The third kappa shape index (κ3) is 10.5. The van der Waals surface area contributed by atoms with Gasteiger partial charge in [-0.15, -0.1) is 0 Å². The van der Waals surface area contributed by atoms with E-state index in [0.29, 0.717) is 5.57 Å². The maximum absolute atomic E-state index is 9.56. The number of aliphatic hydroxyl groups is 2. The number of rotatable bonds is 12. The van der Waals surface area contributed by atoms with Crippen molar-refractivity contribution in [3.05, 3.63) is 12.2 Å². The van der Waals surface area contributed by atoms with Gasteiger partial charge in [-0.25, -0.2) is 0 Å². The van der Waals surface area contributed by atoms with Gasteiger partial charge in [-0.1, -0.05) is 71.3 Å². The molecule has 0 aliphatic heterocycles. The standard InChI is InChI=1S/C15H30O2/c1-3-4-5-6-7-8-9-10-11-12-15(17)14(2)13-16/h15-17H,2-13H2,1H3. The molecule has 2 heteroatoms. The summed E-state index contributed by atoms with van der Waals surface area (Å²) in [7, 11) is 0. The van der Waals surface area contributed by atoms with Crippen molar-refractivity contribution in [1.82, 2.24) is 0 Å². The first-order valence-electron chi connectivity index (χ1n) is 7.19. The van der Waals surface area contributed by atoms with Crippen molar-refractivity contribution in [2.75, 3.05) is 6.61 Å². The van der Waals surface area contributed by atoms with Crippen molar-refractivity contribution >= 4 is 0 Å². The first-order chi connectivity index (χ1) is 8.22. The summed E-state index contributed by atoms with van der Waals surface area (Å²) in [6.07, 6.45) is 11.8. The second kappa shape index (κ2) is 12.1. The largest absolute Gasteiger partial charge is 0.392 e. The average molecular weight is 242 g/mol. The average Bonchev–Trinajstić information content (AvgIpc) is 2.35. The molecule has 0 radical (unpaired) electrons. The zero-order valence-electron chi connectivity index (χ0n) is 11.5. The SMILES string of the molecule is C=C(CO)C(O)CCCCCCCCCCC. The molecule has 1 unspecified atom stereocenters. The molecule has 2 N–H and O–H groups in total. The van der Waals surface area contributed by atoms with E-state index in [1.54, 1.807) is 0 Å². The lowest BCUT2D eigenvalue weighted by atomic mass is 10.0. The van der Waals surface area contributed by atoms with Crippen LogP contribution in [0.25, 0.3) is 0 Å². The van der Waals surface area contributed by atoms with E-state index < -0.39 is 6.10 Å². The molecular formula is C15H30O2. The molecule has 0 saturated carbocycles. The Kier molecular flexibility index (Phi) is 11.9. The summed E-state index contributed by atoms with van der Waals surface area (Å²) >= 11 is 0. The lowest BCUT2D eigenvalue weighted by molar-refractivity contribution is 0.175. The van der Waals surface area contributed by atoms with Crippen LogP contribution in [0.2, 0.25) is 0 Å². The van der Waals surface area contributed by atoms with E-state index in [2.05, 4.69) is 13.5 Å². The van der Waals surface area contributed by atoms with Crippen LogP contribution in [0.5, 0.6) is 0 Å². The van der Waals surface area contributed by atoms with Gasteiger partial charge in [0.25, 0.3) is 0 Å². The zero-order valence-corrected chi connectivity index (χ0v) is 11.5. The molecular weight excluding hydrogens is 212 g/mol. The summed E-state index contributed by atoms with van der Waals surface area (Å²) in [4.78, 5) is 0. The van der Waals surface area contributed by atoms with E-state index >= 15 is 0 Å². The summed E-state index contributed by atoms with van der Waals surface area (Å²) in [6, 6.07) is 0. The second-order valence-electron chi connectivity index (χ2n) is 4.95. The summed E-state index contributed by atoms with van der Waals surface area (Å²) in [5.41, 5.74) is 0.546. The number of aliphatic hydroxyl groups excluding tert-OH is 2. The highest BCUT2D eigenvalue weighted by Crippen LogP contribution is 2.13. The maximum atomic E-state index is 9.56. The summed E-state index contributed by atoms with van der Waals surface area (Å²) in [5.74, 6) is 0. The van der Waals surface area contributed by atoms with Crippen molar-refractivity contribution < 1.29 is 10.2 Å². The molecule has 0 fully saturated rings. The molecule has 0 saturated heterocycles. The van der Waals surface area contributed by atoms with Gasteiger partial charge in [0, 0.05) is 0 Å². The minimum absolute atomic E-state index is 0.0986. The van der Waals surface area contributed by atoms with E-state index in [0.717, 1.165) is 12.8 Å². The van der Waals surface area contributed by atoms with E-state index in [9.17, 15) is 5.11 Å². The Hall–Kier alpha value is -0.340. The van der Waals surface area contributed by atoms with Crippen molar-refractivity contribution in [2.24, 2.45) is 0 Å². The van der Waals surface area contributed by atoms with E-state index in [1.165, 1.54) is 51.4 Å². The van der Waals surface area contributed by atoms with E-state index in [-0.39, 0.29) is 6.61 Å². The molecule has 0 bridgehead atoms. The van der Waals surface area contributed by atoms with Gasteiger partial charge in [-0.05, 0) is 12.0 Å². The van der Waals surface area contributed by atoms with Crippen LogP contribution >= 0.6 is 0 Å². The first-order valence-corrected chi connectivity index (χ1v) is 7.19. The second-order valence-corrected chi connectivity index (χ2v) is 4.95. The molecule has 1 atom stereocenters. The summed E-state index contributed by atoms with van der Waals surface area (Å²) in [5, 5.41) is 18.3. The van der Waals surface area contributed by atoms with Gasteiger partial charge in [-0.3, -0.25) is 0 Å². The topological polar surface area (TPSA) is 40.5 Å². The van der Waals surface area contributed by atoms with Gasteiger partial charge < -0.3 is 10.2 Å². The number of hydrogen-bond donors (Lipinski definition) is 2. The fraction of sp³-hybridized carbons (Fsp3) is 0.867. The van der Waals surface area contributed by atoms with Crippen LogP contribution < -0.4 is 0 Å². The fourth-order valence-electron chi connectivity index (χ4n) is 1.96. The van der Waals surface area contributed by atoms with E-state index in [1.807, 2.05) is 0 Å². The number of hydrogen-bond acceptors (Lipinski definition) is 2. The Morgan fingerprint density at radius 3 is 1.88 bits per heavy atom. The lowest BCUT2D eigenvalue weighted by Crippen LogP contribution is -2.11. The molecule has 0 amide bonds. The Morgan fingerprint density at radius 2 is 1.41 bits per heavy atom. The quantitative estimate of drug-likeness (QED) is 0.403. The van der Waals surface area contributed by atoms with Crippen molar-refractivity contribution in [3.63, 3.8) is 0 Å². The van der Waals surface area contributed by atoms with Crippen LogP contribution in [0.3, 0.4) is 0 Å². The normalized spacial score (nSPS) is 12.6. The van der Waals surface area contributed by atoms with Crippen molar-refractivity contribution in [1.29, 1.82) is 0 Å².